The number of halogens is 10. The van der Waals surface area contributed by atoms with E-state index >= 15 is 0 Å². The lowest BCUT2D eigenvalue weighted by atomic mass is 10.0. The summed E-state index contributed by atoms with van der Waals surface area (Å²) in [6.07, 6.45) is 6.38. The average molecular weight is 905 g/mol. The third-order valence-corrected chi connectivity index (χ3v) is 11.7. The molecule has 4 nitrogen and oxygen atoms in total. The summed E-state index contributed by atoms with van der Waals surface area (Å²) in [7, 11) is 0. The van der Waals surface area contributed by atoms with Gasteiger partial charge in [0, 0.05) is 56.8 Å². The maximum absolute atomic E-state index is 14.6. The van der Waals surface area contributed by atoms with Crippen LogP contribution < -0.4 is 9.80 Å². The van der Waals surface area contributed by atoms with Crippen molar-refractivity contribution in [2.75, 3.05) is 9.80 Å². The van der Waals surface area contributed by atoms with Gasteiger partial charge >= 0.3 is 0 Å². The van der Waals surface area contributed by atoms with Crippen LogP contribution in [0.3, 0.4) is 0 Å². The van der Waals surface area contributed by atoms with E-state index in [0.717, 1.165) is 20.9 Å². The van der Waals surface area contributed by atoms with E-state index in [2.05, 4.69) is 9.97 Å². The Kier molecular flexibility index (Phi) is 11.4. The van der Waals surface area contributed by atoms with E-state index in [9.17, 15) is 43.9 Å². The highest BCUT2D eigenvalue weighted by Crippen LogP contribution is 2.42. The van der Waals surface area contributed by atoms with Crippen LogP contribution in [0, 0.1) is 58.2 Å². The van der Waals surface area contributed by atoms with Gasteiger partial charge in [0.2, 0.25) is 11.6 Å². The number of aromatic nitrogens is 2. The molecule has 65 heavy (non-hydrogen) atoms. The highest BCUT2D eigenvalue weighted by molar-refractivity contribution is 7.18. The second-order valence-electron chi connectivity index (χ2n) is 14.3. The predicted molar refractivity (Wildman–Crippen MR) is 231 cm³/mol. The van der Waals surface area contributed by atoms with Gasteiger partial charge in [0.1, 0.15) is 0 Å². The molecule has 0 saturated carbocycles. The fourth-order valence-corrected chi connectivity index (χ4v) is 8.36. The molecular weight excluding hydrogens is 879 g/mol. The monoisotopic (exact) mass is 904 g/mol. The second kappa shape index (κ2) is 17.4. The first-order chi connectivity index (χ1) is 31.4. The van der Waals surface area contributed by atoms with Crippen molar-refractivity contribution in [2.24, 2.45) is 0 Å². The lowest BCUT2D eigenvalue weighted by Gasteiger charge is -2.25. The SMILES string of the molecule is Fc1c(F)c(F)c(-c2ccc(N(c3ccncc3)c3ccc(-c4ccc(-c5ccc(N(c6ccc(-c7c(F)c(F)c(F)c(F)c7F)cc6)c6cccnc6)cc5)s4)cc3)cc2)c(F)c1F. The number of anilines is 6. The molecular formula is C50H26F10N4S. The van der Waals surface area contributed by atoms with Crippen molar-refractivity contribution in [1.82, 2.24) is 9.97 Å². The molecule has 3 heterocycles. The van der Waals surface area contributed by atoms with Gasteiger partial charge in [-0.2, -0.15) is 0 Å². The van der Waals surface area contributed by atoms with Gasteiger partial charge in [0.15, 0.2) is 46.5 Å². The molecule has 6 aromatic carbocycles. The molecule has 9 rings (SSSR count). The van der Waals surface area contributed by atoms with Crippen LogP contribution >= 0.6 is 11.3 Å². The van der Waals surface area contributed by atoms with Gasteiger partial charge in [-0.3, -0.25) is 9.97 Å². The molecule has 322 valence electrons. The second-order valence-corrected chi connectivity index (χ2v) is 15.4. The average Bonchev–Trinajstić information content (AvgIpc) is 3.84. The van der Waals surface area contributed by atoms with Crippen molar-refractivity contribution in [3.05, 3.63) is 216 Å². The number of hydrogen-bond donors (Lipinski definition) is 0. The van der Waals surface area contributed by atoms with E-state index in [-0.39, 0.29) is 11.1 Å². The van der Waals surface area contributed by atoms with E-state index < -0.39 is 69.3 Å². The molecule has 0 aliphatic carbocycles. The van der Waals surface area contributed by atoms with Crippen molar-refractivity contribution in [3.63, 3.8) is 0 Å². The molecule has 0 saturated heterocycles. The molecule has 0 spiro atoms. The van der Waals surface area contributed by atoms with E-state index in [4.69, 9.17) is 0 Å². The van der Waals surface area contributed by atoms with Gasteiger partial charge in [-0.25, -0.2) is 43.9 Å². The summed E-state index contributed by atoms with van der Waals surface area (Å²) in [6.45, 7) is 0. The molecule has 9 aromatic rings. The summed E-state index contributed by atoms with van der Waals surface area (Å²) in [4.78, 5) is 13.9. The highest BCUT2D eigenvalue weighted by atomic mass is 32.1. The Balaban J connectivity index is 0.972. The largest absolute Gasteiger partial charge is 0.310 e. The summed E-state index contributed by atoms with van der Waals surface area (Å²) >= 11 is 1.54. The minimum Gasteiger partial charge on any atom is -0.310 e. The van der Waals surface area contributed by atoms with Gasteiger partial charge in [0.05, 0.1) is 23.0 Å². The quantitative estimate of drug-likeness (QED) is 0.0778. The maximum Gasteiger partial charge on any atom is 0.200 e. The predicted octanol–water partition coefficient (Wildman–Crippen LogP) is 15.5. The summed E-state index contributed by atoms with van der Waals surface area (Å²) in [5.41, 5.74) is 3.07. The molecule has 0 bridgehead atoms. The molecule has 0 aliphatic heterocycles. The number of benzene rings is 6. The Morgan fingerprint density at radius 3 is 0.969 bits per heavy atom. The van der Waals surface area contributed by atoms with Crippen molar-refractivity contribution in [3.8, 4) is 43.1 Å². The third kappa shape index (κ3) is 7.84. The van der Waals surface area contributed by atoms with Crippen molar-refractivity contribution in [1.29, 1.82) is 0 Å². The van der Waals surface area contributed by atoms with Gasteiger partial charge in [-0.1, -0.05) is 48.5 Å². The fourth-order valence-electron chi connectivity index (χ4n) is 7.34. The molecule has 0 radical (unpaired) electrons. The lowest BCUT2D eigenvalue weighted by Crippen LogP contribution is -2.10. The molecule has 0 N–H and O–H groups in total. The summed E-state index contributed by atoms with van der Waals surface area (Å²) in [5, 5.41) is 0. The van der Waals surface area contributed by atoms with Crippen LogP contribution in [-0.2, 0) is 0 Å². The van der Waals surface area contributed by atoms with E-state index in [0.29, 0.717) is 34.1 Å². The van der Waals surface area contributed by atoms with Crippen molar-refractivity contribution >= 4 is 45.5 Å². The van der Waals surface area contributed by atoms with Crippen molar-refractivity contribution in [2.45, 2.75) is 0 Å². The summed E-state index contributed by atoms with van der Waals surface area (Å²) in [6, 6.07) is 37.3. The molecule has 0 unspecified atom stereocenters. The normalized spacial score (nSPS) is 11.2. The first-order valence-corrected chi connectivity index (χ1v) is 20.2. The molecule has 15 heteroatoms. The van der Waals surface area contributed by atoms with Crippen LogP contribution in [0.25, 0.3) is 43.1 Å². The number of pyridine rings is 2. The Morgan fingerprint density at radius 1 is 0.292 bits per heavy atom. The molecule has 0 aliphatic rings. The topological polar surface area (TPSA) is 32.3 Å². The molecule has 0 amide bonds. The maximum atomic E-state index is 14.6. The van der Waals surface area contributed by atoms with Crippen LogP contribution in [-0.4, -0.2) is 9.97 Å². The fraction of sp³-hybridized carbons (Fsp3) is 0. The standard InChI is InChI=1S/C50H26F10N4S/c51-41-39(42(52)46(56)49(59)45(41)55)29-7-15-32(16-8-29)63(35-21-24-61-25-22-35)31-11-3-27(4-12-31)37-19-20-38(65-37)28-5-13-33(14-6-28)64(36-2-1-23-62-26-36)34-17-9-30(10-18-34)40-43(53)47(57)50(60)48(58)44(40)54/h1-26H. The minimum absolute atomic E-state index is 0.202. The van der Waals surface area contributed by atoms with Crippen LogP contribution in [0.2, 0.25) is 0 Å². The number of thiophene rings is 1. The Labute approximate surface area is 367 Å². The number of hydrogen-bond acceptors (Lipinski definition) is 5. The zero-order chi connectivity index (χ0) is 45.5. The van der Waals surface area contributed by atoms with Gasteiger partial charge in [-0.05, 0) is 107 Å². The first-order valence-electron chi connectivity index (χ1n) is 19.4. The Bertz CT molecular complexity index is 2910. The summed E-state index contributed by atoms with van der Waals surface area (Å²) in [5.74, 6) is -20.3. The van der Waals surface area contributed by atoms with E-state index in [1.165, 1.54) is 48.5 Å². The number of nitrogens with zero attached hydrogens (tertiary/aromatic N) is 4. The summed E-state index contributed by atoms with van der Waals surface area (Å²) < 4.78 is 142. The zero-order valence-corrected chi connectivity index (χ0v) is 33.8. The minimum atomic E-state index is -2.23. The zero-order valence-electron chi connectivity index (χ0n) is 33.0. The third-order valence-electron chi connectivity index (χ3n) is 10.5. The van der Waals surface area contributed by atoms with Crippen LogP contribution in [0.15, 0.2) is 158 Å². The Morgan fingerprint density at radius 2 is 0.615 bits per heavy atom. The highest BCUT2D eigenvalue weighted by Gasteiger charge is 2.28. The van der Waals surface area contributed by atoms with E-state index in [1.54, 1.807) is 60.4 Å². The first kappa shape index (κ1) is 42.5. The molecule has 0 fully saturated rings. The van der Waals surface area contributed by atoms with Gasteiger partial charge in [0.25, 0.3) is 0 Å². The van der Waals surface area contributed by atoms with Crippen molar-refractivity contribution < 1.29 is 43.9 Å². The van der Waals surface area contributed by atoms with Crippen LogP contribution in [0.4, 0.5) is 78.0 Å². The van der Waals surface area contributed by atoms with Gasteiger partial charge < -0.3 is 9.80 Å². The number of rotatable bonds is 10. The van der Waals surface area contributed by atoms with Gasteiger partial charge in [-0.15, -0.1) is 11.3 Å². The smallest absolute Gasteiger partial charge is 0.200 e. The van der Waals surface area contributed by atoms with Crippen LogP contribution in [0.5, 0.6) is 0 Å². The Hall–Kier alpha value is -7.78. The van der Waals surface area contributed by atoms with Crippen LogP contribution in [0.1, 0.15) is 0 Å². The molecule has 0 atom stereocenters. The van der Waals surface area contributed by atoms with E-state index in [1.807, 2.05) is 70.5 Å². The lowest BCUT2D eigenvalue weighted by molar-refractivity contribution is 0.381. The molecule has 3 aromatic heterocycles.